The lowest BCUT2D eigenvalue weighted by Crippen LogP contribution is -2.40. The van der Waals surface area contributed by atoms with Gasteiger partial charge in [0.15, 0.2) is 0 Å². The normalized spacial score (nSPS) is 28.4. The third-order valence-corrected chi connectivity index (χ3v) is 4.45. The molecule has 4 nitrogen and oxygen atoms in total. The van der Waals surface area contributed by atoms with E-state index in [9.17, 15) is 9.59 Å². The van der Waals surface area contributed by atoms with E-state index < -0.39 is 12.0 Å². The SMILES string of the molecule is O=C(O)C1CCCN1C(=O)C[C@@H]1C[C@H]1c1ccccc1. The minimum Gasteiger partial charge on any atom is -0.480 e. The maximum atomic E-state index is 12.3. The number of benzene rings is 1. The molecule has 4 heteroatoms. The van der Waals surface area contributed by atoms with Gasteiger partial charge in [0.25, 0.3) is 0 Å². The number of carbonyl (C=O) groups excluding carboxylic acids is 1. The molecule has 20 heavy (non-hydrogen) atoms. The Morgan fingerprint density at radius 2 is 2.00 bits per heavy atom. The summed E-state index contributed by atoms with van der Waals surface area (Å²) in [5.41, 5.74) is 1.29. The van der Waals surface area contributed by atoms with Crippen LogP contribution in [-0.2, 0) is 9.59 Å². The zero-order chi connectivity index (χ0) is 14.1. The second-order valence-electron chi connectivity index (χ2n) is 5.80. The Morgan fingerprint density at radius 3 is 2.70 bits per heavy atom. The van der Waals surface area contributed by atoms with Crippen LogP contribution in [0.5, 0.6) is 0 Å². The summed E-state index contributed by atoms with van der Waals surface area (Å²) in [5, 5.41) is 9.12. The van der Waals surface area contributed by atoms with Gasteiger partial charge in [-0.25, -0.2) is 4.79 Å². The highest BCUT2D eigenvalue weighted by molar-refractivity contribution is 5.84. The highest BCUT2D eigenvalue weighted by Gasteiger charge is 2.42. The first-order valence-electron chi connectivity index (χ1n) is 7.24. The molecule has 0 spiro atoms. The first-order chi connectivity index (χ1) is 9.66. The van der Waals surface area contributed by atoms with Gasteiger partial charge in [-0.05, 0) is 36.7 Å². The van der Waals surface area contributed by atoms with Crippen molar-refractivity contribution < 1.29 is 14.7 Å². The Kier molecular flexibility index (Phi) is 3.47. The molecule has 0 aromatic heterocycles. The van der Waals surface area contributed by atoms with Crippen molar-refractivity contribution in [2.24, 2.45) is 5.92 Å². The van der Waals surface area contributed by atoms with Crippen LogP contribution in [0.2, 0.25) is 0 Å². The van der Waals surface area contributed by atoms with E-state index in [4.69, 9.17) is 5.11 Å². The third-order valence-electron chi connectivity index (χ3n) is 4.45. The number of amides is 1. The van der Waals surface area contributed by atoms with E-state index >= 15 is 0 Å². The molecule has 1 amide bonds. The van der Waals surface area contributed by atoms with E-state index in [1.54, 1.807) is 4.90 Å². The van der Waals surface area contributed by atoms with Crippen molar-refractivity contribution in [3.8, 4) is 0 Å². The molecular weight excluding hydrogens is 254 g/mol. The smallest absolute Gasteiger partial charge is 0.326 e. The van der Waals surface area contributed by atoms with E-state index in [1.165, 1.54) is 5.56 Å². The average molecular weight is 273 g/mol. The van der Waals surface area contributed by atoms with Crippen LogP contribution in [0.15, 0.2) is 30.3 Å². The van der Waals surface area contributed by atoms with Gasteiger partial charge < -0.3 is 10.0 Å². The van der Waals surface area contributed by atoms with Crippen LogP contribution >= 0.6 is 0 Å². The summed E-state index contributed by atoms with van der Waals surface area (Å²) in [6.45, 7) is 0.596. The molecule has 1 aromatic rings. The lowest BCUT2D eigenvalue weighted by Gasteiger charge is -2.21. The molecule has 1 unspecified atom stereocenters. The van der Waals surface area contributed by atoms with Gasteiger partial charge in [0.1, 0.15) is 6.04 Å². The minimum absolute atomic E-state index is 0.0123. The Hall–Kier alpha value is -1.84. The van der Waals surface area contributed by atoms with Gasteiger partial charge in [-0.2, -0.15) is 0 Å². The van der Waals surface area contributed by atoms with Gasteiger partial charge in [0.2, 0.25) is 5.91 Å². The zero-order valence-electron chi connectivity index (χ0n) is 11.4. The molecule has 1 aromatic carbocycles. The van der Waals surface area contributed by atoms with Gasteiger partial charge in [-0.3, -0.25) is 4.79 Å². The number of likely N-dealkylation sites (tertiary alicyclic amines) is 1. The summed E-state index contributed by atoms with van der Waals surface area (Å²) in [6.07, 6.45) is 2.92. The van der Waals surface area contributed by atoms with E-state index in [0.717, 1.165) is 12.8 Å². The number of hydrogen-bond acceptors (Lipinski definition) is 2. The highest BCUT2D eigenvalue weighted by Crippen LogP contribution is 2.49. The van der Waals surface area contributed by atoms with Crippen molar-refractivity contribution in [1.82, 2.24) is 4.90 Å². The topological polar surface area (TPSA) is 57.6 Å². The fourth-order valence-electron chi connectivity index (χ4n) is 3.25. The summed E-state index contributed by atoms with van der Waals surface area (Å²) in [5.74, 6) is 0.00978. The fraction of sp³-hybridized carbons (Fsp3) is 0.500. The second kappa shape index (κ2) is 5.27. The van der Waals surface area contributed by atoms with Crippen molar-refractivity contribution in [1.29, 1.82) is 0 Å². The summed E-state index contributed by atoms with van der Waals surface area (Å²) in [7, 11) is 0. The van der Waals surface area contributed by atoms with Gasteiger partial charge >= 0.3 is 5.97 Å². The first-order valence-corrected chi connectivity index (χ1v) is 7.24. The number of nitrogens with zero attached hydrogens (tertiary/aromatic N) is 1. The monoisotopic (exact) mass is 273 g/mol. The highest BCUT2D eigenvalue weighted by atomic mass is 16.4. The number of carboxylic acids is 1. The predicted octanol–water partition coefficient (Wildman–Crippen LogP) is 2.26. The molecule has 1 aliphatic carbocycles. The van der Waals surface area contributed by atoms with E-state index in [0.29, 0.717) is 31.2 Å². The van der Waals surface area contributed by atoms with Crippen LogP contribution < -0.4 is 0 Å². The molecule has 1 saturated carbocycles. The summed E-state index contributed by atoms with van der Waals surface area (Å²) in [6, 6.07) is 9.64. The van der Waals surface area contributed by atoms with E-state index in [2.05, 4.69) is 12.1 Å². The first kappa shape index (κ1) is 13.2. The number of carboxylic acid groups (broad SMARTS) is 1. The van der Waals surface area contributed by atoms with Gasteiger partial charge in [-0.15, -0.1) is 0 Å². The molecule has 3 rings (SSSR count). The third kappa shape index (κ3) is 2.55. The Morgan fingerprint density at radius 1 is 1.25 bits per heavy atom. The zero-order valence-corrected chi connectivity index (χ0v) is 11.4. The van der Waals surface area contributed by atoms with Crippen molar-refractivity contribution in [3.63, 3.8) is 0 Å². The Balaban J connectivity index is 1.57. The molecule has 1 aliphatic heterocycles. The molecule has 3 atom stereocenters. The summed E-state index contributed by atoms with van der Waals surface area (Å²) >= 11 is 0. The number of rotatable bonds is 4. The number of aliphatic carboxylic acids is 1. The van der Waals surface area contributed by atoms with Crippen LogP contribution in [-0.4, -0.2) is 34.5 Å². The summed E-state index contributed by atoms with van der Waals surface area (Å²) < 4.78 is 0. The van der Waals surface area contributed by atoms with Crippen LogP contribution in [0.4, 0.5) is 0 Å². The lowest BCUT2D eigenvalue weighted by molar-refractivity contribution is -0.148. The predicted molar refractivity (Wildman–Crippen MR) is 74.3 cm³/mol. The van der Waals surface area contributed by atoms with Crippen molar-refractivity contribution >= 4 is 11.9 Å². The molecule has 1 N–H and O–H groups in total. The van der Waals surface area contributed by atoms with Crippen LogP contribution in [0.3, 0.4) is 0 Å². The fourth-order valence-corrected chi connectivity index (χ4v) is 3.25. The molecule has 106 valence electrons. The largest absolute Gasteiger partial charge is 0.480 e. The van der Waals surface area contributed by atoms with Crippen LogP contribution in [0, 0.1) is 5.92 Å². The lowest BCUT2D eigenvalue weighted by atomic mass is 10.1. The standard InChI is InChI=1S/C16H19NO3/c18-15(17-8-4-7-14(17)16(19)20)10-12-9-13(12)11-5-2-1-3-6-11/h1-3,5-6,12-14H,4,7-10H2,(H,19,20)/t12-,13-,14?/m0/s1. The van der Waals surface area contributed by atoms with Crippen LogP contribution in [0.1, 0.15) is 37.2 Å². The van der Waals surface area contributed by atoms with E-state index in [-0.39, 0.29) is 5.91 Å². The minimum atomic E-state index is -0.869. The Labute approximate surface area is 118 Å². The molecule has 0 bridgehead atoms. The molecular formula is C16H19NO3. The van der Waals surface area contributed by atoms with E-state index in [1.807, 2.05) is 18.2 Å². The average Bonchev–Trinajstić information content (AvgIpc) is 3.02. The quantitative estimate of drug-likeness (QED) is 0.915. The molecule has 2 aliphatic rings. The van der Waals surface area contributed by atoms with Crippen molar-refractivity contribution in [2.45, 2.75) is 37.6 Å². The number of carbonyl (C=O) groups is 2. The van der Waals surface area contributed by atoms with Gasteiger partial charge in [0.05, 0.1) is 0 Å². The maximum Gasteiger partial charge on any atom is 0.326 e. The molecule has 1 saturated heterocycles. The molecule has 2 fully saturated rings. The van der Waals surface area contributed by atoms with Crippen LogP contribution in [0.25, 0.3) is 0 Å². The van der Waals surface area contributed by atoms with Gasteiger partial charge in [-0.1, -0.05) is 30.3 Å². The molecule has 0 radical (unpaired) electrons. The Bertz CT molecular complexity index is 514. The molecule has 1 heterocycles. The number of hydrogen-bond donors (Lipinski definition) is 1. The van der Waals surface area contributed by atoms with Crippen molar-refractivity contribution in [3.05, 3.63) is 35.9 Å². The second-order valence-corrected chi connectivity index (χ2v) is 5.80. The maximum absolute atomic E-state index is 12.3. The van der Waals surface area contributed by atoms with Crippen molar-refractivity contribution in [2.75, 3.05) is 6.54 Å². The summed E-state index contributed by atoms with van der Waals surface area (Å²) in [4.78, 5) is 24.9. The van der Waals surface area contributed by atoms with Gasteiger partial charge in [0, 0.05) is 13.0 Å².